The van der Waals surface area contributed by atoms with Crippen molar-refractivity contribution in [2.24, 2.45) is 5.73 Å². The summed E-state index contributed by atoms with van der Waals surface area (Å²) in [4.78, 5) is 23.8. The maximum Gasteiger partial charge on any atom is 0.431 e. The highest BCUT2D eigenvalue weighted by Gasteiger charge is 2.32. The Kier molecular flexibility index (Phi) is 5.17. The maximum atomic E-state index is 12.2. The van der Waals surface area contributed by atoms with Crippen LogP contribution in [-0.4, -0.2) is 17.4 Å². The summed E-state index contributed by atoms with van der Waals surface area (Å²) in [5.74, 6) is -0.662. The lowest BCUT2D eigenvalue weighted by molar-refractivity contribution is -0.141. The fourth-order valence-corrected chi connectivity index (χ4v) is 0.934. The SMILES string of the molecule is Cl.NCC(=O)Nc1c[nH]c(C(F)(F)F)cc1=O. The van der Waals surface area contributed by atoms with Gasteiger partial charge in [-0.25, -0.2) is 0 Å². The zero-order valence-electron chi connectivity index (χ0n) is 8.30. The van der Waals surface area contributed by atoms with Gasteiger partial charge in [-0.15, -0.1) is 12.4 Å². The van der Waals surface area contributed by atoms with Gasteiger partial charge in [0.05, 0.1) is 6.54 Å². The molecule has 1 amide bonds. The highest BCUT2D eigenvalue weighted by molar-refractivity contribution is 5.91. The van der Waals surface area contributed by atoms with E-state index in [4.69, 9.17) is 5.73 Å². The molecule has 0 aliphatic heterocycles. The number of nitrogens with one attached hydrogen (secondary N) is 2. The van der Waals surface area contributed by atoms with Gasteiger partial charge < -0.3 is 16.0 Å². The van der Waals surface area contributed by atoms with Crippen molar-refractivity contribution in [1.82, 2.24) is 4.98 Å². The van der Waals surface area contributed by atoms with E-state index in [0.29, 0.717) is 6.07 Å². The Labute approximate surface area is 99.6 Å². The Bertz CT molecular complexity index is 458. The molecule has 9 heteroatoms. The summed E-state index contributed by atoms with van der Waals surface area (Å²) < 4.78 is 36.5. The smallest absolute Gasteiger partial charge is 0.356 e. The second-order valence-electron chi connectivity index (χ2n) is 2.87. The number of hydrogen-bond acceptors (Lipinski definition) is 3. The Balaban J connectivity index is 0.00000256. The van der Waals surface area contributed by atoms with E-state index < -0.39 is 23.2 Å². The molecular formula is C8H9ClF3N3O2. The molecule has 1 aromatic rings. The van der Waals surface area contributed by atoms with E-state index in [1.165, 1.54) is 0 Å². The predicted molar refractivity (Wildman–Crippen MR) is 57.0 cm³/mol. The van der Waals surface area contributed by atoms with Gasteiger partial charge in [-0.3, -0.25) is 9.59 Å². The lowest BCUT2D eigenvalue weighted by Crippen LogP contribution is -2.26. The number of H-pyrrole nitrogens is 1. The van der Waals surface area contributed by atoms with E-state index in [1.807, 2.05) is 4.98 Å². The molecule has 0 bridgehead atoms. The molecule has 0 aliphatic rings. The molecule has 0 fully saturated rings. The summed E-state index contributed by atoms with van der Waals surface area (Å²) in [6.07, 6.45) is -3.85. The molecule has 1 rings (SSSR count). The van der Waals surface area contributed by atoms with Crippen LogP contribution in [0.5, 0.6) is 0 Å². The Morgan fingerprint density at radius 1 is 1.47 bits per heavy atom. The van der Waals surface area contributed by atoms with E-state index in [1.54, 1.807) is 0 Å². The lowest BCUT2D eigenvalue weighted by Gasteiger charge is -2.07. The van der Waals surface area contributed by atoms with Crippen molar-refractivity contribution in [2.45, 2.75) is 6.18 Å². The number of rotatable bonds is 2. The molecule has 0 spiro atoms. The summed E-state index contributed by atoms with van der Waals surface area (Å²) in [5, 5.41) is 2.06. The van der Waals surface area contributed by atoms with Crippen LogP contribution >= 0.6 is 12.4 Å². The number of alkyl halides is 3. The number of amides is 1. The molecule has 96 valence electrons. The topological polar surface area (TPSA) is 88.0 Å². The monoisotopic (exact) mass is 271 g/mol. The average Bonchev–Trinajstić information content (AvgIpc) is 2.19. The first-order chi connectivity index (χ1) is 7.34. The molecule has 0 radical (unpaired) electrons. The van der Waals surface area contributed by atoms with Gasteiger partial charge in [0.2, 0.25) is 11.3 Å². The molecule has 0 atom stereocenters. The molecule has 0 unspecified atom stereocenters. The highest BCUT2D eigenvalue weighted by Crippen LogP contribution is 2.26. The number of anilines is 1. The third kappa shape index (κ3) is 4.08. The van der Waals surface area contributed by atoms with E-state index >= 15 is 0 Å². The van der Waals surface area contributed by atoms with Crippen LogP contribution in [0.4, 0.5) is 18.9 Å². The first kappa shape index (κ1) is 15.5. The van der Waals surface area contributed by atoms with Crippen LogP contribution in [0, 0.1) is 0 Å². The first-order valence-corrected chi connectivity index (χ1v) is 4.14. The summed E-state index contributed by atoms with van der Waals surface area (Å²) in [5.41, 5.74) is 2.58. The van der Waals surface area contributed by atoms with E-state index in [9.17, 15) is 22.8 Å². The molecule has 4 N–H and O–H groups in total. The van der Waals surface area contributed by atoms with Gasteiger partial charge in [-0.1, -0.05) is 0 Å². The number of carbonyl (C=O) groups is 1. The summed E-state index contributed by atoms with van der Waals surface area (Å²) >= 11 is 0. The van der Waals surface area contributed by atoms with Gasteiger partial charge >= 0.3 is 6.18 Å². The number of carbonyl (C=O) groups excluding carboxylic acids is 1. The van der Waals surface area contributed by atoms with Crippen LogP contribution in [0.15, 0.2) is 17.1 Å². The molecule has 5 nitrogen and oxygen atoms in total. The van der Waals surface area contributed by atoms with Crippen molar-refractivity contribution in [2.75, 3.05) is 11.9 Å². The summed E-state index contributed by atoms with van der Waals surface area (Å²) in [6, 6.07) is 0.367. The van der Waals surface area contributed by atoms with Crippen LogP contribution in [0.25, 0.3) is 0 Å². The van der Waals surface area contributed by atoms with Gasteiger partial charge in [0.25, 0.3) is 0 Å². The first-order valence-electron chi connectivity index (χ1n) is 4.14. The van der Waals surface area contributed by atoms with Gasteiger partial charge in [-0.2, -0.15) is 13.2 Å². The van der Waals surface area contributed by atoms with Crippen molar-refractivity contribution in [3.63, 3.8) is 0 Å². The summed E-state index contributed by atoms with van der Waals surface area (Å²) in [7, 11) is 0. The number of pyridine rings is 1. The van der Waals surface area contributed by atoms with Gasteiger partial charge in [0.15, 0.2) is 0 Å². The second-order valence-corrected chi connectivity index (χ2v) is 2.87. The lowest BCUT2D eigenvalue weighted by atomic mass is 10.3. The fourth-order valence-electron chi connectivity index (χ4n) is 0.934. The van der Waals surface area contributed by atoms with Crippen molar-refractivity contribution in [3.8, 4) is 0 Å². The molecule has 17 heavy (non-hydrogen) atoms. The van der Waals surface area contributed by atoms with E-state index in [2.05, 4.69) is 5.32 Å². The molecule has 0 saturated heterocycles. The zero-order chi connectivity index (χ0) is 12.3. The molecule has 1 aromatic heterocycles. The predicted octanol–water partition coefficient (Wildman–Crippen LogP) is 0.713. The largest absolute Gasteiger partial charge is 0.431 e. The zero-order valence-corrected chi connectivity index (χ0v) is 9.11. The average molecular weight is 272 g/mol. The number of halogens is 4. The van der Waals surface area contributed by atoms with Gasteiger partial charge in [0, 0.05) is 12.3 Å². The number of aromatic amines is 1. The van der Waals surface area contributed by atoms with Crippen LogP contribution in [0.1, 0.15) is 5.69 Å². The second kappa shape index (κ2) is 5.69. The minimum atomic E-state index is -4.63. The normalized spacial score (nSPS) is 10.6. The Morgan fingerprint density at radius 2 is 2.06 bits per heavy atom. The van der Waals surface area contributed by atoms with Gasteiger partial charge in [-0.05, 0) is 0 Å². The van der Waals surface area contributed by atoms with Gasteiger partial charge in [0.1, 0.15) is 11.4 Å². The molecular weight excluding hydrogens is 263 g/mol. The Hall–Kier alpha value is -1.54. The standard InChI is InChI=1S/C8H8F3N3O2.ClH/c9-8(10,11)6-1-5(15)4(3-13-6)14-7(16)2-12;/h1,3H,2,12H2,(H,13,15)(H,14,16);1H. The summed E-state index contributed by atoms with van der Waals surface area (Å²) in [6.45, 7) is -0.361. The van der Waals surface area contributed by atoms with Crippen LogP contribution < -0.4 is 16.5 Å². The molecule has 0 aromatic carbocycles. The Morgan fingerprint density at radius 3 is 2.47 bits per heavy atom. The maximum absolute atomic E-state index is 12.2. The minimum absolute atomic E-state index is 0. The third-order valence-corrected chi connectivity index (χ3v) is 1.68. The number of aromatic nitrogens is 1. The third-order valence-electron chi connectivity index (χ3n) is 1.68. The van der Waals surface area contributed by atoms with Crippen LogP contribution in [0.2, 0.25) is 0 Å². The van der Waals surface area contributed by atoms with Crippen molar-refractivity contribution in [3.05, 3.63) is 28.2 Å². The highest BCUT2D eigenvalue weighted by atomic mass is 35.5. The minimum Gasteiger partial charge on any atom is -0.356 e. The fraction of sp³-hybridized carbons (Fsp3) is 0.250. The molecule has 1 heterocycles. The van der Waals surface area contributed by atoms with Crippen molar-refractivity contribution < 1.29 is 18.0 Å². The van der Waals surface area contributed by atoms with Crippen LogP contribution in [0.3, 0.4) is 0 Å². The quantitative estimate of drug-likeness (QED) is 0.740. The van der Waals surface area contributed by atoms with Crippen LogP contribution in [-0.2, 0) is 11.0 Å². The number of nitrogens with two attached hydrogens (primary N) is 1. The molecule has 0 saturated carbocycles. The van der Waals surface area contributed by atoms with E-state index in [0.717, 1.165) is 6.20 Å². The van der Waals surface area contributed by atoms with Crippen molar-refractivity contribution in [1.29, 1.82) is 0 Å². The molecule has 0 aliphatic carbocycles. The number of hydrogen-bond donors (Lipinski definition) is 3. The van der Waals surface area contributed by atoms with Crippen molar-refractivity contribution >= 4 is 24.0 Å². The van der Waals surface area contributed by atoms with E-state index in [-0.39, 0.29) is 24.6 Å².